The summed E-state index contributed by atoms with van der Waals surface area (Å²) in [7, 11) is 0. The van der Waals surface area contributed by atoms with E-state index in [0.29, 0.717) is 0 Å². The van der Waals surface area contributed by atoms with Crippen LogP contribution < -0.4 is 18.4 Å². The zero-order chi connectivity index (χ0) is 43.2. The molecule has 1 aromatic heterocycles. The maximum atomic E-state index is 2.58. The van der Waals surface area contributed by atoms with E-state index >= 15 is 0 Å². The molecule has 312 valence electrons. The summed E-state index contributed by atoms with van der Waals surface area (Å²) in [4.78, 5) is 0. The van der Waals surface area contributed by atoms with E-state index in [4.69, 9.17) is 0 Å². The van der Waals surface area contributed by atoms with E-state index in [1.54, 1.807) is 0 Å². The minimum atomic E-state index is -3.31. The molecule has 0 amide bonds. The van der Waals surface area contributed by atoms with Crippen LogP contribution in [0.4, 0.5) is 0 Å². The number of hydrogen-bond donors (Lipinski definition) is 0. The third-order valence-corrected chi connectivity index (χ3v) is 23.9. The Morgan fingerprint density at radius 3 is 1.48 bits per heavy atom. The predicted octanol–water partition coefficient (Wildman–Crippen LogP) is 12.8. The number of nitrogens with zero attached hydrogens (tertiary/aromatic N) is 1. The molecule has 10 aromatic carbocycles. The Kier molecular flexibility index (Phi) is 10.1. The van der Waals surface area contributed by atoms with E-state index in [1.165, 1.54) is 91.8 Å². The Bertz CT molecular complexity index is 3320. The molecule has 1 aliphatic heterocycles. The van der Waals surface area contributed by atoms with E-state index in [0.717, 1.165) is 12.8 Å². The third kappa shape index (κ3) is 6.74. The molecule has 2 heteroatoms. The molecule has 0 spiro atoms. The van der Waals surface area contributed by atoms with E-state index in [-0.39, 0.29) is 5.92 Å². The first kappa shape index (κ1) is 39.3. The van der Waals surface area contributed by atoms with Crippen molar-refractivity contribution in [1.29, 1.82) is 0 Å². The Labute approximate surface area is 385 Å². The SMILES string of the molecule is c1ccc(-c2ccc(C(CCc3ccc4c5ccccc5n(-c5cccc6c5-c5ccccc5[I-]6(c5ccccc5)c5ccccc5)c4c3)c3ccc(-c4ccccc4)cc3)cc2)cc1. The van der Waals surface area contributed by atoms with Crippen molar-refractivity contribution in [2.75, 3.05) is 0 Å². The molecule has 0 atom stereocenters. The summed E-state index contributed by atoms with van der Waals surface area (Å²) in [6, 6.07) is 95.5. The van der Waals surface area contributed by atoms with Crippen molar-refractivity contribution < 1.29 is 18.4 Å². The van der Waals surface area contributed by atoms with Gasteiger partial charge in [0.25, 0.3) is 0 Å². The third-order valence-electron chi connectivity index (χ3n) is 13.4. The molecule has 11 aromatic rings. The van der Waals surface area contributed by atoms with Crippen LogP contribution in [0.25, 0.3) is 60.9 Å². The van der Waals surface area contributed by atoms with Crippen LogP contribution in [0.1, 0.15) is 29.0 Å². The first-order valence-electron chi connectivity index (χ1n) is 22.7. The second-order valence-electron chi connectivity index (χ2n) is 17.0. The Hall–Kier alpha value is -7.27. The van der Waals surface area contributed by atoms with Crippen molar-refractivity contribution in [1.82, 2.24) is 4.57 Å². The molecule has 12 rings (SSSR count). The number of aryl methyl sites for hydroxylation is 1. The second-order valence-corrected chi connectivity index (χ2v) is 25.1. The van der Waals surface area contributed by atoms with Gasteiger partial charge in [0.2, 0.25) is 0 Å². The normalized spacial score (nSPS) is 13.2. The predicted molar refractivity (Wildman–Crippen MR) is 268 cm³/mol. The van der Waals surface area contributed by atoms with Crippen LogP contribution in [-0.2, 0) is 6.42 Å². The Balaban J connectivity index is 0.983. The van der Waals surface area contributed by atoms with Gasteiger partial charge in [-0.2, -0.15) is 0 Å². The van der Waals surface area contributed by atoms with Crippen LogP contribution in [0.5, 0.6) is 0 Å². The number of benzene rings is 10. The molecule has 0 fully saturated rings. The van der Waals surface area contributed by atoms with Crippen LogP contribution in [-0.4, -0.2) is 4.57 Å². The van der Waals surface area contributed by atoms with Gasteiger partial charge in [-0.05, 0) is 22.3 Å². The first-order chi connectivity index (χ1) is 32.3. The van der Waals surface area contributed by atoms with E-state index in [2.05, 4.69) is 259 Å². The summed E-state index contributed by atoms with van der Waals surface area (Å²) >= 11 is -3.31. The van der Waals surface area contributed by atoms with E-state index in [9.17, 15) is 0 Å². The molecule has 0 saturated heterocycles. The zero-order valence-electron chi connectivity index (χ0n) is 36.1. The summed E-state index contributed by atoms with van der Waals surface area (Å²) in [5.74, 6) is 0.232. The monoisotopic (exact) mass is 944 g/mol. The van der Waals surface area contributed by atoms with E-state index < -0.39 is 18.4 Å². The van der Waals surface area contributed by atoms with Gasteiger partial charge in [0.05, 0.1) is 0 Å². The van der Waals surface area contributed by atoms with Crippen molar-refractivity contribution in [2.24, 2.45) is 0 Å². The molecule has 0 bridgehead atoms. The molecule has 0 saturated carbocycles. The number of aromatic nitrogens is 1. The molecular formula is C63H47IN-. The molecule has 1 nitrogen and oxygen atoms in total. The molecule has 0 radical (unpaired) electrons. The molecule has 2 heterocycles. The van der Waals surface area contributed by atoms with Crippen LogP contribution in [0.2, 0.25) is 0 Å². The summed E-state index contributed by atoms with van der Waals surface area (Å²) in [5, 5.41) is 2.57. The molecule has 0 N–H and O–H groups in total. The summed E-state index contributed by atoms with van der Waals surface area (Å²) < 4.78 is 8.49. The van der Waals surface area contributed by atoms with Crippen LogP contribution in [0.3, 0.4) is 0 Å². The molecule has 0 aliphatic carbocycles. The van der Waals surface area contributed by atoms with Gasteiger partial charge < -0.3 is 0 Å². The van der Waals surface area contributed by atoms with Crippen molar-refractivity contribution >= 4 is 21.8 Å². The number of halogens is 1. The fourth-order valence-corrected chi connectivity index (χ4v) is 21.6. The van der Waals surface area contributed by atoms with Crippen LogP contribution in [0.15, 0.2) is 255 Å². The quantitative estimate of drug-likeness (QED) is 0.120. The summed E-state index contributed by atoms with van der Waals surface area (Å²) in [6.07, 6.45) is 1.93. The van der Waals surface area contributed by atoms with Gasteiger partial charge in [-0.25, -0.2) is 0 Å². The van der Waals surface area contributed by atoms with Crippen molar-refractivity contribution in [3.8, 4) is 39.1 Å². The molecule has 1 aliphatic rings. The van der Waals surface area contributed by atoms with Crippen molar-refractivity contribution in [3.63, 3.8) is 0 Å². The maximum absolute atomic E-state index is 3.31. The Morgan fingerprint density at radius 1 is 0.369 bits per heavy atom. The molecule has 65 heavy (non-hydrogen) atoms. The van der Waals surface area contributed by atoms with Gasteiger partial charge in [-0.1, -0.05) is 84.9 Å². The average molecular weight is 945 g/mol. The second kappa shape index (κ2) is 16.7. The standard InChI is InChI=1S/C63H47IN/c1-5-18-46(19-6-1)48-34-38-50(39-35-48)54(51-40-36-49(37-41-51)47-20-7-2-8-21-47)42-32-45-33-43-56-55-26-14-16-30-60(55)65(62(56)44-45)61-31-17-29-59-63(61)57-27-13-15-28-58(57)64(59,52-22-9-3-10-23-52)53-24-11-4-12-25-53/h1-31,33-41,43-44,54H,32,42H2/q-1. The number of hydrogen-bond acceptors (Lipinski definition) is 0. The first-order valence-corrected chi connectivity index (χ1v) is 27.0. The van der Waals surface area contributed by atoms with Gasteiger partial charge >= 0.3 is 281 Å². The average Bonchev–Trinajstić information content (AvgIpc) is 3.88. The van der Waals surface area contributed by atoms with Gasteiger partial charge in [-0.3, -0.25) is 0 Å². The Morgan fingerprint density at radius 2 is 0.862 bits per heavy atom. The van der Waals surface area contributed by atoms with Gasteiger partial charge in [-0.15, -0.1) is 0 Å². The number of fused-ring (bicyclic) bond motifs is 6. The number of rotatable bonds is 10. The van der Waals surface area contributed by atoms with E-state index in [1.807, 2.05) is 0 Å². The smallest absolute Gasteiger partial charge is 0.0622 e. The summed E-state index contributed by atoms with van der Waals surface area (Å²) in [5.41, 5.74) is 15.5. The van der Waals surface area contributed by atoms with Gasteiger partial charge in [0, 0.05) is 0 Å². The van der Waals surface area contributed by atoms with Crippen LogP contribution >= 0.6 is 0 Å². The molecule has 0 unspecified atom stereocenters. The van der Waals surface area contributed by atoms with Crippen molar-refractivity contribution in [3.05, 3.63) is 286 Å². The molecular weight excluding hydrogens is 898 g/mol. The minimum Gasteiger partial charge on any atom is -0.0622 e. The van der Waals surface area contributed by atoms with Crippen LogP contribution in [0, 0.1) is 14.3 Å². The van der Waals surface area contributed by atoms with Gasteiger partial charge in [0.15, 0.2) is 0 Å². The fraction of sp³-hybridized carbons (Fsp3) is 0.0476. The fourth-order valence-electron chi connectivity index (χ4n) is 10.4. The zero-order valence-corrected chi connectivity index (χ0v) is 38.2. The van der Waals surface area contributed by atoms with Gasteiger partial charge in [0.1, 0.15) is 0 Å². The topological polar surface area (TPSA) is 4.93 Å². The number of para-hydroxylation sites is 1. The minimum absolute atomic E-state index is 0.232. The van der Waals surface area contributed by atoms with Crippen molar-refractivity contribution in [2.45, 2.75) is 18.8 Å². The summed E-state index contributed by atoms with van der Waals surface area (Å²) in [6.45, 7) is 0.